The summed E-state index contributed by atoms with van der Waals surface area (Å²) in [6, 6.07) is 0.920. The Hall–Kier alpha value is -1.91. The van der Waals surface area contributed by atoms with E-state index in [1.807, 2.05) is 0 Å². The molecule has 0 heterocycles. The quantitative estimate of drug-likeness (QED) is 0.629. The number of ether oxygens (including phenoxy) is 1. The predicted octanol–water partition coefficient (Wildman–Crippen LogP) is 1.72. The molecule has 1 rings (SSSR count). The number of rotatable bonds is 3. The minimum Gasteiger partial charge on any atom is -0.496 e. The first-order valence-corrected chi connectivity index (χ1v) is 4.51. The maximum absolute atomic E-state index is 13.4. The van der Waals surface area contributed by atoms with Crippen molar-refractivity contribution in [2.45, 2.75) is 13.8 Å². The van der Waals surface area contributed by atoms with E-state index in [0.29, 0.717) is 5.56 Å². The van der Waals surface area contributed by atoms with Crippen molar-refractivity contribution in [3.8, 4) is 5.75 Å². The number of aliphatic carboxylic acids is 1. The monoisotopic (exact) mass is 226 g/mol. The van der Waals surface area contributed by atoms with Gasteiger partial charge in [-0.25, -0.2) is 9.18 Å². The van der Waals surface area contributed by atoms with E-state index in [2.05, 4.69) is 0 Å². The molecule has 0 saturated heterocycles. The van der Waals surface area contributed by atoms with Gasteiger partial charge in [-0.1, -0.05) is 0 Å². The summed E-state index contributed by atoms with van der Waals surface area (Å²) in [5, 5.41) is 8.57. The van der Waals surface area contributed by atoms with Crippen LogP contribution in [0.5, 0.6) is 5.75 Å². The standard InChI is InChI=1S/C11H11FO4/c1-5-7(9(13)11(14)15)4-8(12)6(2)10(5)16-3/h4H,1-3H3,(H,14,15). The van der Waals surface area contributed by atoms with Crippen LogP contribution in [0.3, 0.4) is 0 Å². The summed E-state index contributed by atoms with van der Waals surface area (Å²) in [6.07, 6.45) is 0. The van der Waals surface area contributed by atoms with Crippen LogP contribution in [0.15, 0.2) is 6.07 Å². The first-order valence-electron chi connectivity index (χ1n) is 4.51. The predicted molar refractivity (Wildman–Crippen MR) is 54.4 cm³/mol. The molecule has 0 aliphatic rings. The number of ketones is 1. The van der Waals surface area contributed by atoms with Crippen LogP contribution in [-0.4, -0.2) is 24.0 Å². The zero-order valence-electron chi connectivity index (χ0n) is 9.13. The van der Waals surface area contributed by atoms with E-state index in [1.54, 1.807) is 0 Å². The van der Waals surface area contributed by atoms with E-state index in [-0.39, 0.29) is 16.9 Å². The first-order chi connectivity index (χ1) is 7.40. The van der Waals surface area contributed by atoms with Gasteiger partial charge >= 0.3 is 5.97 Å². The number of benzene rings is 1. The Morgan fingerprint density at radius 3 is 2.31 bits per heavy atom. The highest BCUT2D eigenvalue weighted by atomic mass is 19.1. The highest BCUT2D eigenvalue weighted by Gasteiger charge is 2.22. The molecule has 0 fully saturated rings. The van der Waals surface area contributed by atoms with Crippen molar-refractivity contribution in [2.24, 2.45) is 0 Å². The second-order valence-electron chi connectivity index (χ2n) is 3.32. The smallest absolute Gasteiger partial charge is 0.377 e. The van der Waals surface area contributed by atoms with Gasteiger partial charge in [-0.15, -0.1) is 0 Å². The molecule has 16 heavy (non-hydrogen) atoms. The highest BCUT2D eigenvalue weighted by Crippen LogP contribution is 2.28. The molecule has 0 radical (unpaired) electrons. The van der Waals surface area contributed by atoms with E-state index < -0.39 is 17.6 Å². The number of hydrogen-bond acceptors (Lipinski definition) is 3. The highest BCUT2D eigenvalue weighted by molar-refractivity contribution is 6.40. The van der Waals surface area contributed by atoms with Crippen LogP contribution in [0.1, 0.15) is 21.5 Å². The van der Waals surface area contributed by atoms with Crippen LogP contribution < -0.4 is 4.74 Å². The van der Waals surface area contributed by atoms with Crippen LogP contribution in [-0.2, 0) is 4.79 Å². The van der Waals surface area contributed by atoms with Gasteiger partial charge in [0.25, 0.3) is 5.78 Å². The molecule has 0 atom stereocenters. The largest absolute Gasteiger partial charge is 0.496 e. The minimum atomic E-state index is -1.62. The van der Waals surface area contributed by atoms with E-state index in [1.165, 1.54) is 21.0 Å². The molecule has 0 spiro atoms. The second kappa shape index (κ2) is 4.30. The van der Waals surface area contributed by atoms with E-state index >= 15 is 0 Å². The minimum absolute atomic E-state index is 0.188. The van der Waals surface area contributed by atoms with Crippen molar-refractivity contribution in [3.05, 3.63) is 28.6 Å². The Morgan fingerprint density at radius 1 is 1.31 bits per heavy atom. The van der Waals surface area contributed by atoms with Crippen molar-refractivity contribution in [3.63, 3.8) is 0 Å². The molecule has 86 valence electrons. The molecular formula is C11H11FO4. The SMILES string of the molecule is COc1c(C)c(F)cc(C(=O)C(=O)O)c1C. The Kier molecular flexibility index (Phi) is 3.27. The first kappa shape index (κ1) is 12.2. The van der Waals surface area contributed by atoms with Gasteiger partial charge in [0, 0.05) is 16.7 Å². The second-order valence-corrected chi connectivity index (χ2v) is 3.32. The summed E-state index contributed by atoms with van der Waals surface area (Å²) >= 11 is 0. The molecular weight excluding hydrogens is 215 g/mol. The number of halogens is 1. The van der Waals surface area contributed by atoms with Gasteiger partial charge < -0.3 is 9.84 Å². The Bertz CT molecular complexity index is 466. The van der Waals surface area contributed by atoms with Crippen molar-refractivity contribution < 1.29 is 23.8 Å². The van der Waals surface area contributed by atoms with Crippen molar-refractivity contribution in [1.29, 1.82) is 0 Å². The molecule has 0 bridgehead atoms. The summed E-state index contributed by atoms with van der Waals surface area (Å²) < 4.78 is 18.3. The summed E-state index contributed by atoms with van der Waals surface area (Å²) in [5.74, 6) is -3.22. The van der Waals surface area contributed by atoms with Crippen LogP contribution >= 0.6 is 0 Å². The number of Topliss-reactive ketones (excluding diaryl/α,β-unsaturated/α-hetero) is 1. The zero-order valence-corrected chi connectivity index (χ0v) is 9.13. The van der Waals surface area contributed by atoms with E-state index in [4.69, 9.17) is 9.84 Å². The summed E-state index contributed by atoms with van der Waals surface area (Å²) in [4.78, 5) is 21.8. The third-order valence-electron chi connectivity index (χ3n) is 2.36. The van der Waals surface area contributed by atoms with Crippen LogP contribution in [0.2, 0.25) is 0 Å². The van der Waals surface area contributed by atoms with E-state index in [0.717, 1.165) is 6.07 Å². The third kappa shape index (κ3) is 1.88. The van der Waals surface area contributed by atoms with E-state index in [9.17, 15) is 14.0 Å². The number of carboxylic acids is 1. The summed E-state index contributed by atoms with van der Waals surface area (Å²) in [5.41, 5.74) is 0.392. The van der Waals surface area contributed by atoms with Crippen molar-refractivity contribution in [1.82, 2.24) is 0 Å². The molecule has 0 aromatic heterocycles. The normalized spacial score (nSPS) is 10.0. The van der Waals surface area contributed by atoms with Crippen LogP contribution in [0, 0.1) is 19.7 Å². The van der Waals surface area contributed by atoms with Gasteiger partial charge in [0.1, 0.15) is 11.6 Å². The maximum Gasteiger partial charge on any atom is 0.377 e. The summed E-state index contributed by atoms with van der Waals surface area (Å²) in [6.45, 7) is 3.01. The summed E-state index contributed by atoms with van der Waals surface area (Å²) in [7, 11) is 1.34. The molecule has 1 aromatic carbocycles. The molecule has 0 amide bonds. The lowest BCUT2D eigenvalue weighted by atomic mass is 10.00. The van der Waals surface area contributed by atoms with Crippen LogP contribution in [0.4, 0.5) is 4.39 Å². The number of methoxy groups -OCH3 is 1. The molecule has 0 saturated carbocycles. The Morgan fingerprint density at radius 2 is 1.88 bits per heavy atom. The fraction of sp³-hybridized carbons (Fsp3) is 0.273. The molecule has 1 N–H and O–H groups in total. The van der Waals surface area contributed by atoms with Crippen molar-refractivity contribution in [2.75, 3.05) is 7.11 Å². The van der Waals surface area contributed by atoms with Gasteiger partial charge in [0.15, 0.2) is 0 Å². The lowest BCUT2D eigenvalue weighted by Crippen LogP contribution is -2.15. The average molecular weight is 226 g/mol. The van der Waals surface area contributed by atoms with Gasteiger partial charge in [-0.3, -0.25) is 4.79 Å². The topological polar surface area (TPSA) is 63.6 Å². The molecule has 0 aliphatic carbocycles. The molecule has 4 nitrogen and oxygen atoms in total. The lowest BCUT2D eigenvalue weighted by molar-refractivity contribution is -0.131. The molecule has 0 aliphatic heterocycles. The Labute approximate surface area is 91.7 Å². The third-order valence-corrected chi connectivity index (χ3v) is 2.36. The zero-order chi connectivity index (χ0) is 12.5. The average Bonchev–Trinajstić information content (AvgIpc) is 2.23. The number of carbonyl (C=O) groups is 2. The molecule has 5 heteroatoms. The number of carbonyl (C=O) groups excluding carboxylic acids is 1. The maximum atomic E-state index is 13.4. The van der Waals surface area contributed by atoms with Crippen LogP contribution in [0.25, 0.3) is 0 Å². The fourth-order valence-electron chi connectivity index (χ4n) is 1.51. The van der Waals surface area contributed by atoms with Crippen molar-refractivity contribution >= 4 is 11.8 Å². The fourth-order valence-corrected chi connectivity index (χ4v) is 1.51. The molecule has 1 aromatic rings. The Balaban J connectivity index is 3.48. The number of hydrogen-bond donors (Lipinski definition) is 1. The van der Waals surface area contributed by atoms with Gasteiger partial charge in [-0.2, -0.15) is 0 Å². The van der Waals surface area contributed by atoms with Gasteiger partial charge in [0.2, 0.25) is 0 Å². The van der Waals surface area contributed by atoms with Gasteiger partial charge in [-0.05, 0) is 19.9 Å². The lowest BCUT2D eigenvalue weighted by Gasteiger charge is -2.12. The number of carboxylic acid groups (broad SMARTS) is 1. The van der Waals surface area contributed by atoms with Gasteiger partial charge in [0.05, 0.1) is 7.11 Å². The molecule has 0 unspecified atom stereocenters.